The molecule has 0 fully saturated rings. The van der Waals surface area contributed by atoms with Crippen LogP contribution in [0.5, 0.6) is 5.88 Å². The SMILES string of the molecule is CN(C)C(=O)Nc1snc(OCCCOCc2ccccc2)c1C(N)=O. The van der Waals surface area contributed by atoms with Crippen molar-refractivity contribution in [3.63, 3.8) is 0 Å². The Morgan fingerprint density at radius 2 is 1.96 bits per heavy atom. The highest BCUT2D eigenvalue weighted by Gasteiger charge is 2.22. The summed E-state index contributed by atoms with van der Waals surface area (Å²) in [4.78, 5) is 24.7. The molecule has 0 spiro atoms. The lowest BCUT2D eigenvalue weighted by atomic mass is 10.2. The highest BCUT2D eigenvalue weighted by molar-refractivity contribution is 7.11. The highest BCUT2D eigenvalue weighted by Crippen LogP contribution is 2.30. The van der Waals surface area contributed by atoms with E-state index in [4.69, 9.17) is 15.2 Å². The first-order valence-electron chi connectivity index (χ1n) is 8.01. The van der Waals surface area contributed by atoms with Gasteiger partial charge in [-0.2, -0.15) is 4.37 Å². The van der Waals surface area contributed by atoms with Crippen LogP contribution in [0.15, 0.2) is 30.3 Å². The third kappa shape index (κ3) is 5.71. The Morgan fingerprint density at radius 1 is 1.23 bits per heavy atom. The molecule has 0 unspecified atom stereocenters. The standard InChI is InChI=1S/C17H22N4O4S/c1-21(2)17(23)19-16-13(14(18)22)15(20-26-16)25-10-6-9-24-11-12-7-4-3-5-8-12/h3-5,7-8H,6,9-11H2,1-2H3,(H2,18,22)(H,19,23). The van der Waals surface area contributed by atoms with Gasteiger partial charge in [-0.05, 0) is 17.1 Å². The van der Waals surface area contributed by atoms with Crippen LogP contribution in [0.25, 0.3) is 0 Å². The molecule has 0 aliphatic carbocycles. The fraction of sp³-hybridized carbons (Fsp3) is 0.353. The average Bonchev–Trinajstić information content (AvgIpc) is 3.01. The van der Waals surface area contributed by atoms with Crippen molar-refractivity contribution in [2.24, 2.45) is 5.73 Å². The number of nitrogens with zero attached hydrogens (tertiary/aromatic N) is 2. The zero-order valence-electron chi connectivity index (χ0n) is 14.7. The number of rotatable bonds is 9. The van der Waals surface area contributed by atoms with Crippen molar-refractivity contribution in [3.05, 3.63) is 41.5 Å². The molecule has 1 aromatic heterocycles. The first-order valence-corrected chi connectivity index (χ1v) is 8.78. The van der Waals surface area contributed by atoms with Crippen molar-refractivity contribution in [3.8, 4) is 5.88 Å². The third-order valence-corrected chi connectivity index (χ3v) is 4.06. The van der Waals surface area contributed by atoms with Gasteiger partial charge in [0.25, 0.3) is 5.91 Å². The Balaban J connectivity index is 1.80. The molecule has 0 aliphatic heterocycles. The van der Waals surface area contributed by atoms with Gasteiger partial charge >= 0.3 is 6.03 Å². The van der Waals surface area contributed by atoms with Gasteiger partial charge in [0.2, 0.25) is 5.88 Å². The van der Waals surface area contributed by atoms with Crippen LogP contribution >= 0.6 is 11.5 Å². The van der Waals surface area contributed by atoms with Crippen LogP contribution in [0.4, 0.5) is 9.80 Å². The number of urea groups is 1. The molecule has 2 aromatic rings. The molecule has 0 aliphatic rings. The quantitative estimate of drug-likeness (QED) is 0.651. The van der Waals surface area contributed by atoms with Gasteiger partial charge in [0.15, 0.2) is 0 Å². The molecule has 26 heavy (non-hydrogen) atoms. The maximum absolute atomic E-state index is 11.7. The number of carbonyl (C=O) groups excluding carboxylic acids is 2. The van der Waals surface area contributed by atoms with Crippen molar-refractivity contribution in [1.29, 1.82) is 0 Å². The number of primary amides is 1. The summed E-state index contributed by atoms with van der Waals surface area (Å²) in [5, 5.41) is 2.85. The van der Waals surface area contributed by atoms with Crippen molar-refractivity contribution >= 4 is 28.5 Å². The predicted molar refractivity (Wildman–Crippen MR) is 99.5 cm³/mol. The molecule has 3 N–H and O–H groups in total. The molecule has 0 saturated carbocycles. The molecule has 1 heterocycles. The molecule has 140 valence electrons. The Morgan fingerprint density at radius 3 is 2.62 bits per heavy atom. The molecule has 2 rings (SSSR count). The van der Waals surface area contributed by atoms with Crippen molar-refractivity contribution in [2.75, 3.05) is 32.6 Å². The van der Waals surface area contributed by atoms with E-state index >= 15 is 0 Å². The molecule has 9 heteroatoms. The fourth-order valence-corrected chi connectivity index (χ4v) is 2.71. The van der Waals surface area contributed by atoms with Crippen LogP contribution in [0.3, 0.4) is 0 Å². The second-order valence-electron chi connectivity index (χ2n) is 5.62. The lowest BCUT2D eigenvalue weighted by molar-refractivity contribution is 0.0989. The largest absolute Gasteiger partial charge is 0.476 e. The molecule has 0 atom stereocenters. The number of ether oxygens (including phenoxy) is 2. The first kappa shape index (κ1) is 19.7. The summed E-state index contributed by atoms with van der Waals surface area (Å²) >= 11 is 0.950. The highest BCUT2D eigenvalue weighted by atomic mass is 32.1. The molecule has 0 radical (unpaired) electrons. The summed E-state index contributed by atoms with van der Waals surface area (Å²) in [6, 6.07) is 9.49. The number of aromatic nitrogens is 1. The summed E-state index contributed by atoms with van der Waals surface area (Å²) in [7, 11) is 3.18. The second-order valence-corrected chi connectivity index (χ2v) is 6.39. The van der Waals surface area contributed by atoms with Crippen LogP contribution in [0.2, 0.25) is 0 Å². The van der Waals surface area contributed by atoms with E-state index in [2.05, 4.69) is 9.69 Å². The molecule has 1 aromatic carbocycles. The predicted octanol–water partition coefficient (Wildman–Crippen LogP) is 2.32. The second kappa shape index (κ2) is 9.73. The zero-order valence-corrected chi connectivity index (χ0v) is 15.5. The Labute approximate surface area is 156 Å². The third-order valence-electron chi connectivity index (χ3n) is 3.32. The Hall–Kier alpha value is -2.65. The number of amides is 3. The van der Waals surface area contributed by atoms with Crippen LogP contribution in [0, 0.1) is 0 Å². The lowest BCUT2D eigenvalue weighted by Crippen LogP contribution is -2.28. The van der Waals surface area contributed by atoms with E-state index in [1.807, 2.05) is 30.3 Å². The van der Waals surface area contributed by atoms with Crippen molar-refractivity contribution in [2.45, 2.75) is 13.0 Å². The minimum atomic E-state index is -0.705. The normalized spacial score (nSPS) is 10.4. The summed E-state index contributed by atoms with van der Waals surface area (Å²) in [6.45, 7) is 1.36. The molecule has 3 amide bonds. The number of benzene rings is 1. The van der Waals surface area contributed by atoms with E-state index in [-0.39, 0.29) is 22.5 Å². The number of hydrogen-bond donors (Lipinski definition) is 2. The van der Waals surface area contributed by atoms with E-state index in [1.165, 1.54) is 4.90 Å². The number of nitrogens with one attached hydrogen (secondary N) is 1. The Kier molecular flexibility index (Phi) is 7.37. The number of carbonyl (C=O) groups is 2. The van der Waals surface area contributed by atoms with Gasteiger partial charge in [0, 0.05) is 20.5 Å². The summed E-state index contributed by atoms with van der Waals surface area (Å²) in [5.74, 6) is -0.581. The minimum absolute atomic E-state index is 0.0791. The summed E-state index contributed by atoms with van der Waals surface area (Å²) < 4.78 is 15.2. The monoisotopic (exact) mass is 378 g/mol. The maximum Gasteiger partial charge on any atom is 0.321 e. The van der Waals surface area contributed by atoms with Gasteiger partial charge in [-0.15, -0.1) is 0 Å². The number of nitrogens with two attached hydrogens (primary N) is 1. The van der Waals surface area contributed by atoms with E-state index in [0.29, 0.717) is 26.2 Å². The van der Waals surface area contributed by atoms with Gasteiger partial charge in [-0.25, -0.2) is 4.79 Å². The van der Waals surface area contributed by atoms with Gasteiger partial charge in [-0.1, -0.05) is 30.3 Å². The smallest absolute Gasteiger partial charge is 0.321 e. The molecule has 0 saturated heterocycles. The molecular formula is C17H22N4O4S. The van der Waals surface area contributed by atoms with E-state index in [0.717, 1.165) is 17.1 Å². The van der Waals surface area contributed by atoms with E-state index < -0.39 is 5.91 Å². The topological polar surface area (TPSA) is 107 Å². The molecule has 0 bridgehead atoms. The minimum Gasteiger partial charge on any atom is -0.476 e. The number of hydrogen-bond acceptors (Lipinski definition) is 6. The van der Waals surface area contributed by atoms with Crippen LogP contribution in [-0.4, -0.2) is 48.5 Å². The maximum atomic E-state index is 11.7. The van der Waals surface area contributed by atoms with Crippen molar-refractivity contribution < 1.29 is 19.1 Å². The van der Waals surface area contributed by atoms with Gasteiger partial charge in [0.05, 0.1) is 19.8 Å². The van der Waals surface area contributed by atoms with Crippen LogP contribution < -0.4 is 15.8 Å². The van der Waals surface area contributed by atoms with Gasteiger partial charge in [0.1, 0.15) is 10.6 Å². The van der Waals surface area contributed by atoms with Crippen LogP contribution in [0.1, 0.15) is 22.3 Å². The average molecular weight is 378 g/mol. The fourth-order valence-electron chi connectivity index (χ4n) is 1.98. The van der Waals surface area contributed by atoms with E-state index in [9.17, 15) is 9.59 Å². The van der Waals surface area contributed by atoms with E-state index in [1.54, 1.807) is 14.1 Å². The summed E-state index contributed by atoms with van der Waals surface area (Å²) in [5.41, 5.74) is 6.57. The van der Waals surface area contributed by atoms with Crippen molar-refractivity contribution in [1.82, 2.24) is 9.27 Å². The van der Waals surface area contributed by atoms with Gasteiger partial charge < -0.3 is 20.1 Å². The van der Waals surface area contributed by atoms with Gasteiger partial charge in [-0.3, -0.25) is 10.1 Å². The summed E-state index contributed by atoms with van der Waals surface area (Å²) in [6.07, 6.45) is 0.627. The number of anilines is 1. The van der Waals surface area contributed by atoms with Crippen LogP contribution in [-0.2, 0) is 11.3 Å². The first-order chi connectivity index (χ1) is 12.5. The zero-order chi connectivity index (χ0) is 18.9. The Bertz CT molecular complexity index is 734. The lowest BCUT2D eigenvalue weighted by Gasteiger charge is -2.11. The molecule has 8 nitrogen and oxygen atoms in total. The molecular weight excluding hydrogens is 356 g/mol.